The number of halogens is 4. The van der Waals surface area contributed by atoms with Gasteiger partial charge in [0.1, 0.15) is 0 Å². The number of rotatable bonds is 4. The lowest BCUT2D eigenvalue weighted by Gasteiger charge is -2.31. The van der Waals surface area contributed by atoms with Crippen molar-refractivity contribution >= 4 is 77.1 Å². The molecule has 1 heterocycles. The summed E-state index contributed by atoms with van der Waals surface area (Å²) in [4.78, 5) is 41.0. The van der Waals surface area contributed by atoms with E-state index in [1.165, 1.54) is 5.01 Å². The van der Waals surface area contributed by atoms with Crippen molar-refractivity contribution in [2.45, 2.75) is 22.6 Å². The Balaban J connectivity index is 1.54. The summed E-state index contributed by atoms with van der Waals surface area (Å²) in [5, 5.41) is 2.63. The zero-order valence-corrected chi connectivity index (χ0v) is 22.1. The molecule has 3 amide bonds. The van der Waals surface area contributed by atoms with E-state index in [2.05, 4.69) is 47.8 Å². The number of hydrogen-bond donors (Lipinski definition) is 0. The molecule has 6 atom stereocenters. The molecule has 9 heteroatoms. The Morgan fingerprint density at radius 3 is 2.09 bits per heavy atom. The molecular formula is C23H18Br3ClN2O3. The van der Waals surface area contributed by atoms with Crippen LogP contribution in [0.4, 0.5) is 0 Å². The van der Waals surface area contributed by atoms with E-state index in [9.17, 15) is 14.4 Å². The first-order chi connectivity index (χ1) is 15.3. The topological polar surface area (TPSA) is 57.7 Å². The summed E-state index contributed by atoms with van der Waals surface area (Å²) in [6, 6.07) is 14.1. The van der Waals surface area contributed by atoms with E-state index in [-0.39, 0.29) is 50.4 Å². The van der Waals surface area contributed by atoms with Crippen LogP contribution < -0.4 is 0 Å². The lowest BCUT2D eigenvalue weighted by Crippen LogP contribution is -2.50. The largest absolute Gasteiger partial charge is 0.274 e. The van der Waals surface area contributed by atoms with Crippen molar-refractivity contribution in [1.82, 2.24) is 10.0 Å². The van der Waals surface area contributed by atoms with Crippen LogP contribution in [0.1, 0.15) is 22.3 Å². The third-order valence-corrected chi connectivity index (χ3v) is 10.9. The van der Waals surface area contributed by atoms with Crippen molar-refractivity contribution in [3.8, 4) is 0 Å². The van der Waals surface area contributed by atoms with Crippen molar-refractivity contribution in [3.63, 3.8) is 0 Å². The van der Waals surface area contributed by atoms with Crippen LogP contribution in [0.5, 0.6) is 0 Å². The highest BCUT2D eigenvalue weighted by Crippen LogP contribution is 2.60. The number of benzene rings is 2. The number of fused-ring (bicyclic) bond motifs is 5. The minimum atomic E-state index is -0.474. The maximum absolute atomic E-state index is 13.6. The second kappa shape index (κ2) is 8.53. The first kappa shape index (κ1) is 22.6. The summed E-state index contributed by atoms with van der Waals surface area (Å²) in [5.74, 6) is -1.74. The van der Waals surface area contributed by atoms with E-state index >= 15 is 0 Å². The Hall–Kier alpha value is -1.22. The van der Waals surface area contributed by atoms with Gasteiger partial charge in [-0.15, -0.1) is 0 Å². The minimum absolute atomic E-state index is 0.0702. The van der Waals surface area contributed by atoms with Crippen LogP contribution in [0.15, 0.2) is 53.0 Å². The van der Waals surface area contributed by atoms with Crippen LogP contribution in [-0.4, -0.2) is 37.4 Å². The van der Waals surface area contributed by atoms with Crippen LogP contribution in [-0.2, 0) is 16.1 Å². The number of hydrazine groups is 1. The highest BCUT2D eigenvalue weighted by molar-refractivity contribution is 9.12. The van der Waals surface area contributed by atoms with Gasteiger partial charge >= 0.3 is 0 Å². The number of carbonyl (C=O) groups excluding carboxylic acids is 3. The fourth-order valence-corrected chi connectivity index (χ4v) is 7.70. The number of nitrogens with zero attached hydrogens (tertiary/aromatic N) is 2. The molecule has 1 saturated heterocycles. The summed E-state index contributed by atoms with van der Waals surface area (Å²) in [7, 11) is 0. The van der Waals surface area contributed by atoms with Gasteiger partial charge < -0.3 is 0 Å². The lowest BCUT2D eigenvalue weighted by atomic mass is 9.81. The molecule has 2 bridgehead atoms. The number of imide groups is 1. The molecule has 3 aliphatic rings. The van der Waals surface area contributed by atoms with Crippen LogP contribution >= 0.6 is 59.4 Å². The number of carbonyl (C=O) groups is 3. The fourth-order valence-electron chi connectivity index (χ4n) is 5.34. The molecule has 5 rings (SSSR count). The predicted molar refractivity (Wildman–Crippen MR) is 131 cm³/mol. The quantitative estimate of drug-likeness (QED) is 0.329. The van der Waals surface area contributed by atoms with Gasteiger partial charge in [-0.05, 0) is 48.1 Å². The van der Waals surface area contributed by atoms with Gasteiger partial charge in [0, 0.05) is 14.1 Å². The van der Waals surface area contributed by atoms with Crippen molar-refractivity contribution in [1.29, 1.82) is 0 Å². The zero-order chi connectivity index (χ0) is 22.7. The summed E-state index contributed by atoms with van der Waals surface area (Å²) in [6.45, 7) is 0.0824. The first-order valence-electron chi connectivity index (χ1n) is 10.3. The summed E-state index contributed by atoms with van der Waals surface area (Å²) in [6.07, 6.45) is 0.831. The van der Waals surface area contributed by atoms with Crippen LogP contribution in [0.25, 0.3) is 0 Å². The highest BCUT2D eigenvalue weighted by atomic mass is 79.9. The van der Waals surface area contributed by atoms with Crippen molar-refractivity contribution < 1.29 is 14.4 Å². The van der Waals surface area contributed by atoms with Gasteiger partial charge in [0.25, 0.3) is 17.7 Å². The summed E-state index contributed by atoms with van der Waals surface area (Å²) < 4.78 is 0.899. The monoisotopic (exact) mass is 642 g/mol. The average molecular weight is 646 g/mol. The smallest absolute Gasteiger partial charge is 0.272 e. The normalized spacial score (nSPS) is 30.7. The Kier molecular flexibility index (Phi) is 6.01. The van der Waals surface area contributed by atoms with Crippen molar-refractivity contribution in [2.24, 2.45) is 23.7 Å². The molecule has 1 aliphatic heterocycles. The third kappa shape index (κ3) is 3.49. The molecule has 32 heavy (non-hydrogen) atoms. The average Bonchev–Trinajstić information content (AvgIpc) is 3.38. The van der Waals surface area contributed by atoms with Gasteiger partial charge in [-0.2, -0.15) is 5.01 Å². The number of amides is 3. The molecule has 0 N–H and O–H groups in total. The Bertz CT molecular complexity index is 1080. The molecule has 2 saturated carbocycles. The third-order valence-electron chi connectivity index (χ3n) is 6.79. The van der Waals surface area contributed by atoms with Gasteiger partial charge in [-0.1, -0.05) is 83.7 Å². The van der Waals surface area contributed by atoms with E-state index in [0.29, 0.717) is 0 Å². The standard InChI is InChI=1S/C23H18Br3ClN2O3/c24-12-7-5-11(6-8-12)10-28(21(30)13-3-1-2-4-16(13)27)29-22(31)17-14-9-15(18(17)23(29)32)20(26)19(14)25/h1-8,14-15,17-20H,9-10H2/t14-,15-,17-,18-,19+,20+/m1/s1. The Labute approximate surface area is 215 Å². The van der Waals surface area contributed by atoms with Gasteiger partial charge in [0.15, 0.2) is 0 Å². The molecule has 2 aromatic carbocycles. The molecular weight excluding hydrogens is 627 g/mol. The molecule has 0 radical (unpaired) electrons. The highest BCUT2D eigenvalue weighted by Gasteiger charge is 2.67. The zero-order valence-electron chi connectivity index (χ0n) is 16.6. The van der Waals surface area contributed by atoms with Gasteiger partial charge in [-0.3, -0.25) is 14.4 Å². The molecule has 2 aliphatic carbocycles. The Morgan fingerprint density at radius 2 is 1.53 bits per heavy atom. The maximum atomic E-state index is 13.6. The van der Waals surface area contributed by atoms with Crippen LogP contribution in [0, 0.1) is 23.7 Å². The van der Waals surface area contributed by atoms with Crippen LogP contribution in [0.2, 0.25) is 5.02 Å². The second-order valence-electron chi connectivity index (χ2n) is 8.46. The number of alkyl halides is 2. The SMILES string of the molecule is O=C(c1ccccc1Cl)N(Cc1ccc(Br)cc1)N1C(=O)[C@@H]2[C@H]3C[C@@H]([C@H](Br)[C@H]3Br)[C@H]2C1=O. The molecule has 2 aromatic rings. The molecule has 166 valence electrons. The molecule has 0 unspecified atom stereocenters. The van der Waals surface area contributed by atoms with Gasteiger partial charge in [0.05, 0.1) is 29.0 Å². The second-order valence-corrected chi connectivity index (χ2v) is 11.9. The Morgan fingerprint density at radius 1 is 0.969 bits per heavy atom. The van der Waals surface area contributed by atoms with Crippen molar-refractivity contribution in [3.05, 3.63) is 69.2 Å². The molecule has 3 fully saturated rings. The van der Waals surface area contributed by atoms with E-state index in [0.717, 1.165) is 21.5 Å². The van der Waals surface area contributed by atoms with Gasteiger partial charge in [0.2, 0.25) is 0 Å². The first-order valence-corrected chi connectivity index (χ1v) is 13.3. The fraction of sp³-hybridized carbons (Fsp3) is 0.348. The molecule has 0 aromatic heterocycles. The summed E-state index contributed by atoms with van der Waals surface area (Å²) in [5.41, 5.74) is 1.05. The van der Waals surface area contributed by atoms with Crippen molar-refractivity contribution in [2.75, 3.05) is 0 Å². The minimum Gasteiger partial charge on any atom is -0.272 e. The maximum Gasteiger partial charge on any atom is 0.274 e. The van der Waals surface area contributed by atoms with Crippen LogP contribution in [0.3, 0.4) is 0 Å². The summed E-state index contributed by atoms with van der Waals surface area (Å²) >= 11 is 17.1. The molecule has 0 spiro atoms. The molecule has 5 nitrogen and oxygen atoms in total. The predicted octanol–water partition coefficient (Wildman–Crippen LogP) is 5.44. The lowest BCUT2D eigenvalue weighted by molar-refractivity contribution is -0.156. The number of hydrogen-bond acceptors (Lipinski definition) is 3. The van der Waals surface area contributed by atoms with Gasteiger partial charge in [-0.25, -0.2) is 5.01 Å². The van der Waals surface area contributed by atoms with E-state index in [1.54, 1.807) is 24.3 Å². The van der Waals surface area contributed by atoms with E-state index in [1.807, 2.05) is 24.3 Å². The van der Waals surface area contributed by atoms with E-state index in [4.69, 9.17) is 11.6 Å². The van der Waals surface area contributed by atoms with E-state index < -0.39 is 17.7 Å².